The molecule has 0 saturated carbocycles. The lowest BCUT2D eigenvalue weighted by atomic mass is 10.1. The fourth-order valence-electron chi connectivity index (χ4n) is 4.64. The van der Waals surface area contributed by atoms with E-state index in [2.05, 4.69) is 32.6 Å². The summed E-state index contributed by atoms with van der Waals surface area (Å²) in [5.41, 5.74) is 3.06. The zero-order valence-corrected chi connectivity index (χ0v) is 19.3. The molecule has 2 aliphatic rings. The van der Waals surface area contributed by atoms with Crippen molar-refractivity contribution in [3.05, 3.63) is 51.7 Å². The molecule has 166 valence electrons. The Morgan fingerprint density at radius 2 is 1.74 bits per heavy atom. The Labute approximate surface area is 188 Å². The number of likely N-dealkylation sites (tertiary alicyclic amines) is 1. The Balaban J connectivity index is 1.24. The minimum atomic E-state index is 0.00744. The highest BCUT2D eigenvalue weighted by atomic mass is 32.1. The van der Waals surface area contributed by atoms with Gasteiger partial charge in [-0.1, -0.05) is 24.3 Å². The van der Waals surface area contributed by atoms with Crippen molar-refractivity contribution in [2.24, 2.45) is 0 Å². The van der Waals surface area contributed by atoms with E-state index in [4.69, 9.17) is 0 Å². The van der Waals surface area contributed by atoms with E-state index in [1.54, 1.807) is 11.3 Å². The predicted molar refractivity (Wildman–Crippen MR) is 125 cm³/mol. The van der Waals surface area contributed by atoms with Gasteiger partial charge in [0.05, 0.1) is 13.1 Å². The summed E-state index contributed by atoms with van der Waals surface area (Å²) >= 11 is 1.78. The fraction of sp³-hybridized carbons (Fsp3) is 0.500. The zero-order valence-electron chi connectivity index (χ0n) is 18.5. The summed E-state index contributed by atoms with van der Waals surface area (Å²) in [5, 5.41) is 5.17. The molecule has 1 aromatic heterocycles. The van der Waals surface area contributed by atoms with Crippen molar-refractivity contribution in [3.63, 3.8) is 0 Å². The van der Waals surface area contributed by atoms with E-state index in [-0.39, 0.29) is 11.8 Å². The number of hydrogen-bond acceptors (Lipinski definition) is 5. The maximum absolute atomic E-state index is 12.9. The molecule has 2 saturated heterocycles. The Kier molecular flexibility index (Phi) is 7.05. The van der Waals surface area contributed by atoms with Gasteiger partial charge in [0, 0.05) is 42.8 Å². The van der Waals surface area contributed by atoms with Crippen LogP contribution in [-0.4, -0.2) is 72.3 Å². The normalized spacial score (nSPS) is 20.2. The number of piperazine rings is 1. The van der Waals surface area contributed by atoms with E-state index in [1.165, 1.54) is 4.88 Å². The first-order valence-electron chi connectivity index (χ1n) is 11.1. The maximum Gasteiger partial charge on any atom is 0.238 e. The molecule has 4 rings (SSSR count). The maximum atomic E-state index is 12.9. The lowest BCUT2D eigenvalue weighted by Crippen LogP contribution is -2.52. The Hall–Kier alpha value is -2.22. The summed E-state index contributed by atoms with van der Waals surface area (Å²) in [5.74, 6) is 0.219. The van der Waals surface area contributed by atoms with Crippen LogP contribution < -0.4 is 5.32 Å². The molecule has 1 aromatic carbocycles. The number of para-hydroxylation sites is 1. The summed E-state index contributed by atoms with van der Waals surface area (Å²) < 4.78 is 0. The van der Waals surface area contributed by atoms with Gasteiger partial charge in [-0.25, -0.2) is 0 Å². The number of hydrogen-bond donors (Lipinski definition) is 1. The monoisotopic (exact) mass is 440 g/mol. The molecular formula is C24H32N4O2S. The van der Waals surface area contributed by atoms with E-state index >= 15 is 0 Å². The van der Waals surface area contributed by atoms with Gasteiger partial charge in [-0.05, 0) is 55.8 Å². The number of nitrogens with one attached hydrogen (secondary N) is 1. The van der Waals surface area contributed by atoms with Crippen LogP contribution in [0.5, 0.6) is 0 Å². The standard InChI is InChI=1S/C24H32N4O2S/c1-18-6-3-7-19(2)24(18)25-22(29)16-26-11-13-27(14-12-26)23(30)17-28-10-4-8-20(28)21-9-5-15-31-21/h3,5-7,9,15,20H,4,8,10-14,16-17H2,1-2H3,(H,25,29)/t20-/m0/s1. The van der Waals surface area contributed by atoms with Crippen molar-refractivity contribution in [2.75, 3.05) is 51.1 Å². The lowest BCUT2D eigenvalue weighted by molar-refractivity contribution is -0.134. The van der Waals surface area contributed by atoms with Crippen LogP contribution in [-0.2, 0) is 9.59 Å². The Bertz CT molecular complexity index is 886. The summed E-state index contributed by atoms with van der Waals surface area (Å²) in [4.78, 5) is 33.2. The summed E-state index contributed by atoms with van der Waals surface area (Å²) in [7, 11) is 0. The van der Waals surface area contributed by atoms with Crippen molar-refractivity contribution >= 4 is 28.8 Å². The predicted octanol–water partition coefficient (Wildman–Crippen LogP) is 3.28. The summed E-state index contributed by atoms with van der Waals surface area (Å²) in [6.07, 6.45) is 2.29. The molecule has 0 spiro atoms. The van der Waals surface area contributed by atoms with Crippen LogP contribution in [0.4, 0.5) is 5.69 Å². The molecule has 1 atom stereocenters. The minimum Gasteiger partial charge on any atom is -0.339 e. The lowest BCUT2D eigenvalue weighted by Gasteiger charge is -2.35. The van der Waals surface area contributed by atoms with Gasteiger partial charge in [0.15, 0.2) is 0 Å². The number of nitrogens with zero attached hydrogens (tertiary/aromatic N) is 3. The number of thiophene rings is 1. The highest BCUT2D eigenvalue weighted by Gasteiger charge is 2.30. The van der Waals surface area contributed by atoms with Crippen molar-refractivity contribution < 1.29 is 9.59 Å². The molecule has 0 bridgehead atoms. The van der Waals surface area contributed by atoms with Crippen LogP contribution in [0.2, 0.25) is 0 Å². The van der Waals surface area contributed by atoms with Crippen molar-refractivity contribution in [3.8, 4) is 0 Å². The molecular weight excluding hydrogens is 408 g/mol. The Morgan fingerprint density at radius 3 is 2.42 bits per heavy atom. The summed E-state index contributed by atoms with van der Waals surface area (Å²) in [6.45, 7) is 8.72. The second-order valence-corrected chi connectivity index (χ2v) is 9.60. The average Bonchev–Trinajstić information content (AvgIpc) is 3.43. The molecule has 6 nitrogen and oxygen atoms in total. The second-order valence-electron chi connectivity index (χ2n) is 8.62. The van der Waals surface area contributed by atoms with Gasteiger partial charge >= 0.3 is 0 Å². The zero-order chi connectivity index (χ0) is 21.8. The average molecular weight is 441 g/mol. The molecule has 0 aliphatic carbocycles. The van der Waals surface area contributed by atoms with Crippen molar-refractivity contribution in [1.82, 2.24) is 14.7 Å². The van der Waals surface area contributed by atoms with E-state index in [9.17, 15) is 9.59 Å². The molecule has 2 aliphatic heterocycles. The Morgan fingerprint density at radius 1 is 1.00 bits per heavy atom. The number of carbonyl (C=O) groups is 2. The van der Waals surface area contributed by atoms with Crippen LogP contribution in [0.15, 0.2) is 35.7 Å². The fourth-order valence-corrected chi connectivity index (χ4v) is 5.54. The van der Waals surface area contributed by atoms with E-state index in [0.717, 1.165) is 49.3 Å². The van der Waals surface area contributed by atoms with Gasteiger partial charge in [0.2, 0.25) is 11.8 Å². The summed E-state index contributed by atoms with van der Waals surface area (Å²) in [6, 6.07) is 10.7. The van der Waals surface area contributed by atoms with E-state index in [0.29, 0.717) is 32.2 Å². The first kappa shape index (κ1) is 22.0. The SMILES string of the molecule is Cc1cccc(C)c1NC(=O)CN1CCN(C(=O)CN2CCC[C@H]2c2cccs2)CC1. The first-order chi connectivity index (χ1) is 15.0. The second kappa shape index (κ2) is 9.94. The van der Waals surface area contributed by atoms with Crippen LogP contribution in [0, 0.1) is 13.8 Å². The third-order valence-electron chi connectivity index (χ3n) is 6.41. The van der Waals surface area contributed by atoms with Crippen LogP contribution in [0.25, 0.3) is 0 Å². The topological polar surface area (TPSA) is 55.9 Å². The van der Waals surface area contributed by atoms with Gasteiger partial charge in [0.1, 0.15) is 0 Å². The molecule has 2 aromatic rings. The van der Waals surface area contributed by atoms with Crippen LogP contribution in [0.1, 0.15) is 34.9 Å². The quantitative estimate of drug-likeness (QED) is 0.749. The highest BCUT2D eigenvalue weighted by molar-refractivity contribution is 7.10. The van der Waals surface area contributed by atoms with Gasteiger partial charge < -0.3 is 10.2 Å². The van der Waals surface area contributed by atoms with Crippen molar-refractivity contribution in [1.29, 1.82) is 0 Å². The van der Waals surface area contributed by atoms with Crippen LogP contribution >= 0.6 is 11.3 Å². The third kappa shape index (κ3) is 5.34. The van der Waals surface area contributed by atoms with Gasteiger partial charge in [-0.3, -0.25) is 19.4 Å². The van der Waals surface area contributed by atoms with Crippen LogP contribution in [0.3, 0.4) is 0 Å². The molecule has 0 radical (unpaired) electrons. The molecule has 2 amide bonds. The third-order valence-corrected chi connectivity index (χ3v) is 7.38. The van der Waals surface area contributed by atoms with Gasteiger partial charge in [-0.2, -0.15) is 0 Å². The molecule has 31 heavy (non-hydrogen) atoms. The van der Waals surface area contributed by atoms with E-state index in [1.807, 2.05) is 36.9 Å². The smallest absolute Gasteiger partial charge is 0.238 e. The van der Waals surface area contributed by atoms with Gasteiger partial charge in [0.25, 0.3) is 0 Å². The highest BCUT2D eigenvalue weighted by Crippen LogP contribution is 2.34. The number of carbonyl (C=O) groups excluding carboxylic acids is 2. The number of rotatable bonds is 6. The number of aryl methyl sites for hydroxylation is 2. The molecule has 3 heterocycles. The van der Waals surface area contributed by atoms with E-state index < -0.39 is 0 Å². The van der Waals surface area contributed by atoms with Gasteiger partial charge in [-0.15, -0.1) is 11.3 Å². The number of benzene rings is 1. The first-order valence-corrected chi connectivity index (χ1v) is 12.0. The number of anilines is 1. The largest absolute Gasteiger partial charge is 0.339 e. The minimum absolute atomic E-state index is 0.00744. The molecule has 7 heteroatoms. The van der Waals surface area contributed by atoms with Crippen molar-refractivity contribution in [2.45, 2.75) is 32.7 Å². The molecule has 1 N–H and O–H groups in total. The number of amides is 2. The molecule has 0 unspecified atom stereocenters. The molecule has 2 fully saturated rings.